The number of benzene rings is 10. The van der Waals surface area contributed by atoms with Gasteiger partial charge < -0.3 is 109 Å². The molecule has 0 saturated carbocycles. The second-order valence-corrected chi connectivity index (χ2v) is 30.9. The Morgan fingerprint density at radius 1 is 0.560 bits per heavy atom. The highest BCUT2D eigenvalue weighted by Gasteiger charge is 2.36. The van der Waals surface area contributed by atoms with Crippen LogP contribution in [0.15, 0.2) is 202 Å². The minimum atomic E-state index is -5.14. The molecule has 125 heavy (non-hydrogen) atoms. The van der Waals surface area contributed by atoms with Gasteiger partial charge in [-0.2, -0.15) is 4.39 Å². The van der Waals surface area contributed by atoms with Gasteiger partial charge in [0.05, 0.1) is 17.2 Å². The minimum Gasteiger partial charge on any atom is -0.746 e. The van der Waals surface area contributed by atoms with E-state index in [1.165, 1.54) is 84.9 Å². The highest BCUT2D eigenvalue weighted by molar-refractivity contribution is 8.00. The van der Waals surface area contributed by atoms with Crippen LogP contribution in [0.2, 0.25) is 0 Å². The molecule has 35 nitrogen and oxygen atoms in total. The SMILES string of the molecule is NC(=O)C(CC(=O)c1cccc(-c2c3ccc(=O)cc-3oc3cc(O)ccc23)c1)Nc1ccc(OP(=O)([O-])O)cc1.NC(=O)C(Cc1ccc(OP(=O)([O-])O)cc1)NC(=O)c1cc2cc(F)c(O)c(F)c2oc1=O.NC(=O)CN(Cc1ccc(OP(=O)([O-])O)cc1)C(=O)CSc1c(F)c(F)c(C(=O)O)c(-c2c3cc(F)c(=O)cc-3oc3cc(O)c(F)cc23)c1F. The summed E-state index contributed by atoms with van der Waals surface area (Å²) in [5.41, 5.74) is 10.7. The van der Waals surface area contributed by atoms with Crippen LogP contribution in [-0.2, 0) is 45.8 Å². The van der Waals surface area contributed by atoms with E-state index in [0.717, 1.165) is 23.1 Å². The normalized spacial score (nSPS) is 13.2. The number of phenols is 3. The van der Waals surface area contributed by atoms with Gasteiger partial charge in [0, 0.05) is 98.9 Å². The monoisotopic (exact) mass is 1810 g/mol. The Morgan fingerprint density at radius 2 is 1.14 bits per heavy atom. The number of carboxylic acids is 1. The van der Waals surface area contributed by atoms with Crippen molar-refractivity contribution >= 4 is 115 Å². The number of hydrogen-bond acceptors (Lipinski definition) is 27. The predicted octanol–water partition coefficient (Wildman–Crippen LogP) is 8.20. The number of aromatic hydroxyl groups is 3. The highest BCUT2D eigenvalue weighted by atomic mass is 32.2. The lowest BCUT2D eigenvalue weighted by Gasteiger charge is -2.22. The summed E-state index contributed by atoms with van der Waals surface area (Å²) in [4.78, 5) is 182. The molecule has 13 rings (SSSR count). The quantitative estimate of drug-likeness (QED) is 0.00439. The number of amides is 5. The summed E-state index contributed by atoms with van der Waals surface area (Å²) in [5.74, 6) is -23.5. The third-order valence-electron chi connectivity index (χ3n) is 17.8. The molecule has 1 aromatic heterocycles. The van der Waals surface area contributed by atoms with E-state index in [9.17, 15) is 114 Å². The van der Waals surface area contributed by atoms with E-state index in [-0.39, 0.29) is 69.8 Å². The zero-order chi connectivity index (χ0) is 91.3. The maximum absolute atomic E-state index is 16.5. The number of ketones is 1. The Labute approximate surface area is 696 Å². The molecule has 5 unspecified atom stereocenters. The molecule has 15 N–H and O–H groups in total. The number of carbonyl (C=O) groups excluding carboxylic acids is 6. The number of hydrogen-bond donors (Lipinski definition) is 12. The fraction of sp³-hybridized carbons (Fsp3) is 0.0886. The molecular weight excluding hydrogens is 1750 g/mol. The number of fused-ring (bicyclic) bond motifs is 5. The number of halogens is 7. The van der Waals surface area contributed by atoms with Crippen LogP contribution in [0, 0.1) is 40.7 Å². The number of carbonyl (C=O) groups is 7. The average molecular weight is 1810 g/mol. The maximum Gasteiger partial charge on any atom is 0.349 e. The maximum atomic E-state index is 16.5. The first kappa shape index (κ1) is 91.5. The van der Waals surface area contributed by atoms with Crippen LogP contribution in [0.5, 0.6) is 34.5 Å². The number of aromatic carboxylic acids is 1. The number of Topliss-reactive ketones (excluding diaryl/α,β-unsaturated/α-hetero) is 1. The summed E-state index contributed by atoms with van der Waals surface area (Å²) in [6, 6.07) is 32.0. The predicted molar refractivity (Wildman–Crippen MR) is 419 cm³/mol. The summed E-state index contributed by atoms with van der Waals surface area (Å²) in [6.07, 6.45) is -0.478. The van der Waals surface area contributed by atoms with Gasteiger partial charge in [-0.15, -0.1) is 11.8 Å². The molecule has 5 amide bonds. The molecule has 0 bridgehead atoms. The van der Waals surface area contributed by atoms with E-state index >= 15 is 13.2 Å². The Hall–Kier alpha value is -14.3. The van der Waals surface area contributed by atoms with Crippen LogP contribution in [0.4, 0.5) is 36.4 Å². The largest absolute Gasteiger partial charge is 0.746 e. The van der Waals surface area contributed by atoms with Crippen molar-refractivity contribution in [2.24, 2.45) is 17.2 Å². The number of rotatable bonds is 27. The van der Waals surface area contributed by atoms with E-state index < -0.39 is 208 Å². The number of nitrogens with zero attached hydrogens (tertiary/aromatic N) is 1. The van der Waals surface area contributed by atoms with Gasteiger partial charge in [0.15, 0.2) is 57.4 Å². The highest BCUT2D eigenvalue weighted by Crippen LogP contribution is 2.48. The summed E-state index contributed by atoms with van der Waals surface area (Å²) >= 11 is 0.0206. The number of nitrogens with two attached hydrogens (primary N) is 3. The number of carboxylic acid groups (broad SMARTS) is 1. The van der Waals surface area contributed by atoms with Crippen LogP contribution in [0.25, 0.3) is 77.8 Å². The minimum absolute atomic E-state index is 0.0142. The van der Waals surface area contributed by atoms with Gasteiger partial charge in [0.1, 0.15) is 74.7 Å². The average Bonchev–Trinajstić information content (AvgIpc) is 0.725. The van der Waals surface area contributed by atoms with E-state index in [1.807, 2.05) is 0 Å². The first-order valence-electron chi connectivity index (χ1n) is 35.0. The number of primary amides is 3. The molecule has 3 heterocycles. The van der Waals surface area contributed by atoms with Gasteiger partial charge >= 0.3 is 35.1 Å². The second kappa shape index (κ2) is 37.2. The molecule has 2 aliphatic carbocycles. The van der Waals surface area contributed by atoms with Gasteiger partial charge in [-0.25, -0.2) is 35.9 Å². The van der Waals surface area contributed by atoms with Gasteiger partial charge in [-0.05, 0) is 120 Å². The van der Waals surface area contributed by atoms with Gasteiger partial charge in [0.25, 0.3) is 5.91 Å². The number of phosphoric acid groups is 3. The van der Waals surface area contributed by atoms with Crippen LogP contribution in [0.1, 0.15) is 48.6 Å². The standard InChI is InChI=1S/C31H20F5N2O11PS.C29H23N2O9P.C19H15F2N2O9P/c32-16-5-14-20(7-18(16)39)48-21-8-19(40)17(33)6-15(21)24(14)25-26(31(43)44)27(34)29(36)30(28(25)35)51-11-23(42)38(10-22(37)41)9-12-1-3-13(4-2-12)49-50(45,46)47;30-29(35)24(31-18-4-8-21(9-5-18)40-41(36,37)38)15-25(34)16-2-1-3-17(12-16)28-22-10-6-19(32)13-26(22)39-27-14-20(33)7-11-23(27)28;20-12-7-9-6-11(19(27)31-16(9)14(21)15(12)24)18(26)23-13(17(22)25)5-8-1-3-10(4-2-8)32-33(28,29)30/h1-8,39H,9-11H2,(H2,37,41)(H,43,44)(H2,45,46,47);1-14,24,31-32H,15H2,(H2,30,35)(H2,36,37,38);1-4,6-7,13,24H,5H2,(H2,22,25)(H,23,26)(H2,28,29,30)/p-3. The fourth-order valence-electron chi connectivity index (χ4n) is 12.4. The number of nitrogens with one attached hydrogen (secondary N) is 2. The molecule has 648 valence electrons. The summed E-state index contributed by atoms with van der Waals surface area (Å²) < 4.78 is 166. The molecule has 0 saturated heterocycles. The molecule has 0 fully saturated rings. The number of phenolic OH excluding ortho intramolecular Hbond substituents is 3. The Kier molecular flexibility index (Phi) is 27.2. The molecule has 9 aromatic rings. The number of thioether (sulfide) groups is 1. The lowest BCUT2D eigenvalue weighted by atomic mass is 9.89. The Bertz CT molecular complexity index is 6810. The molecule has 0 radical (unpaired) electrons. The van der Waals surface area contributed by atoms with Crippen LogP contribution < -0.4 is 72.6 Å². The van der Waals surface area contributed by atoms with Crippen LogP contribution in [0.3, 0.4) is 0 Å². The number of anilines is 1. The summed E-state index contributed by atoms with van der Waals surface area (Å²) in [6.45, 7) is -1.14. The van der Waals surface area contributed by atoms with Crippen molar-refractivity contribution in [1.82, 2.24) is 10.2 Å². The van der Waals surface area contributed by atoms with Gasteiger partial charge in [-0.3, -0.25) is 52.1 Å². The summed E-state index contributed by atoms with van der Waals surface area (Å²) in [7, 11) is -15.1. The molecule has 8 aromatic carbocycles. The van der Waals surface area contributed by atoms with Crippen molar-refractivity contribution in [2.45, 2.75) is 36.4 Å². The lowest BCUT2D eigenvalue weighted by Crippen LogP contribution is -2.46. The van der Waals surface area contributed by atoms with Crippen molar-refractivity contribution in [2.75, 3.05) is 17.6 Å². The van der Waals surface area contributed by atoms with Gasteiger partial charge in [0.2, 0.25) is 34.9 Å². The zero-order valence-electron chi connectivity index (χ0n) is 62.5. The molecule has 0 spiro atoms. The third-order valence-corrected chi connectivity index (χ3v) is 20.2. The van der Waals surface area contributed by atoms with E-state index in [0.29, 0.717) is 80.6 Å². The smallest absolute Gasteiger partial charge is 0.349 e. The molecule has 5 atom stereocenters. The molecule has 46 heteroatoms. The van der Waals surface area contributed by atoms with Crippen molar-refractivity contribution in [3.8, 4) is 79.4 Å². The second-order valence-electron chi connectivity index (χ2n) is 26.5. The van der Waals surface area contributed by atoms with E-state index in [2.05, 4.69) is 28.6 Å². The number of phosphoric ester groups is 3. The Balaban J connectivity index is 0.000000187. The Morgan fingerprint density at radius 3 is 1.73 bits per heavy atom. The van der Waals surface area contributed by atoms with Crippen molar-refractivity contribution < 1.29 is 155 Å². The topological polar surface area (TPSA) is 605 Å². The molecule has 4 aliphatic rings. The zero-order valence-corrected chi connectivity index (χ0v) is 66.0. The molecule has 2 aliphatic heterocycles. The van der Waals surface area contributed by atoms with Crippen molar-refractivity contribution in [1.29, 1.82) is 0 Å². The third kappa shape index (κ3) is 22.2. The first-order valence-corrected chi connectivity index (χ1v) is 40.5. The molecular formula is C79H55F7N6O29P3S-3. The van der Waals surface area contributed by atoms with Crippen LogP contribution in [-0.4, -0.2) is 106 Å². The lowest BCUT2D eigenvalue weighted by molar-refractivity contribution is -0.212. The van der Waals surface area contributed by atoms with Crippen LogP contribution >= 0.6 is 35.2 Å². The first-order chi connectivity index (χ1) is 58.7. The summed E-state index contributed by atoms with van der Waals surface area (Å²) in [5, 5.41) is 43.8. The van der Waals surface area contributed by atoms with Crippen molar-refractivity contribution in [3.05, 3.63) is 269 Å². The van der Waals surface area contributed by atoms with Crippen molar-refractivity contribution in [3.63, 3.8) is 0 Å². The van der Waals surface area contributed by atoms with E-state index in [1.54, 1.807) is 36.4 Å². The van der Waals surface area contributed by atoms with Gasteiger partial charge in [-0.1, -0.05) is 42.5 Å². The fourth-order valence-corrected chi connectivity index (χ4v) is 14.4. The van der Waals surface area contributed by atoms with E-state index in [4.69, 9.17) is 40.7 Å².